The van der Waals surface area contributed by atoms with E-state index in [0.29, 0.717) is 13.1 Å². The van der Waals surface area contributed by atoms with Crippen molar-refractivity contribution in [2.45, 2.75) is 25.7 Å². The number of hydrogen-bond acceptors (Lipinski definition) is 4. The molecular weight excluding hydrogens is 392 g/mol. The first-order valence-electron chi connectivity index (χ1n) is 10.7. The number of nitrogens with zero attached hydrogens (tertiary/aromatic N) is 4. The first-order valence-corrected chi connectivity index (χ1v) is 10.7. The summed E-state index contributed by atoms with van der Waals surface area (Å²) < 4.78 is 7.29. The number of likely N-dealkylation sites (tertiary alicyclic amines) is 1. The Hall–Kier alpha value is -3.32. The van der Waals surface area contributed by atoms with E-state index in [1.165, 1.54) is 0 Å². The zero-order chi connectivity index (χ0) is 21.8. The van der Waals surface area contributed by atoms with Gasteiger partial charge in [0.2, 0.25) is 0 Å². The van der Waals surface area contributed by atoms with Crippen LogP contribution in [0.5, 0.6) is 5.75 Å². The monoisotopic (exact) mass is 420 g/mol. The normalized spacial score (nSPS) is 14.5. The maximum Gasteiger partial charge on any atom is 0.343 e. The maximum atomic E-state index is 12.2. The number of para-hydroxylation sites is 1. The van der Waals surface area contributed by atoms with E-state index in [-0.39, 0.29) is 18.5 Å². The molecule has 3 aromatic rings. The Morgan fingerprint density at radius 2 is 1.81 bits per heavy atom. The van der Waals surface area contributed by atoms with E-state index < -0.39 is 0 Å². The SMILES string of the molecule is CCN(O)C(=O)N1CCC(c2cc(-c3ccc(OC)cc3)n(-c3ccccc3)n2)CC1. The van der Waals surface area contributed by atoms with Gasteiger partial charge in [0.15, 0.2) is 0 Å². The lowest BCUT2D eigenvalue weighted by Gasteiger charge is -2.32. The van der Waals surface area contributed by atoms with E-state index in [2.05, 4.69) is 6.07 Å². The number of urea groups is 1. The molecule has 0 bridgehead atoms. The largest absolute Gasteiger partial charge is 0.497 e. The second-order valence-corrected chi connectivity index (χ2v) is 7.69. The molecule has 162 valence electrons. The van der Waals surface area contributed by atoms with Gasteiger partial charge in [0.05, 0.1) is 24.2 Å². The van der Waals surface area contributed by atoms with Crippen LogP contribution in [0.25, 0.3) is 16.9 Å². The molecule has 0 aliphatic carbocycles. The van der Waals surface area contributed by atoms with Gasteiger partial charge in [-0.25, -0.2) is 14.5 Å². The molecule has 1 saturated heterocycles. The number of benzene rings is 2. The number of carbonyl (C=O) groups excluding carboxylic acids is 1. The van der Waals surface area contributed by atoms with Crippen LogP contribution in [0.1, 0.15) is 31.4 Å². The number of ether oxygens (including phenoxy) is 1. The summed E-state index contributed by atoms with van der Waals surface area (Å²) in [4.78, 5) is 13.9. The highest BCUT2D eigenvalue weighted by atomic mass is 16.5. The molecule has 0 spiro atoms. The van der Waals surface area contributed by atoms with Crippen molar-refractivity contribution in [2.24, 2.45) is 0 Å². The van der Waals surface area contributed by atoms with Crippen molar-refractivity contribution in [1.82, 2.24) is 19.7 Å². The highest BCUT2D eigenvalue weighted by Crippen LogP contribution is 2.33. The van der Waals surface area contributed by atoms with E-state index in [0.717, 1.165) is 46.3 Å². The highest BCUT2D eigenvalue weighted by molar-refractivity contribution is 5.73. The van der Waals surface area contributed by atoms with Crippen molar-refractivity contribution in [3.8, 4) is 22.7 Å². The number of aromatic nitrogens is 2. The van der Waals surface area contributed by atoms with Crippen molar-refractivity contribution in [2.75, 3.05) is 26.7 Å². The third-order valence-corrected chi connectivity index (χ3v) is 5.82. The lowest BCUT2D eigenvalue weighted by Crippen LogP contribution is -2.45. The second kappa shape index (κ2) is 9.22. The summed E-state index contributed by atoms with van der Waals surface area (Å²) in [6.45, 7) is 3.25. The molecular formula is C24H28N4O3. The van der Waals surface area contributed by atoms with Crippen LogP contribution in [0.15, 0.2) is 60.7 Å². The molecule has 2 amide bonds. The smallest absolute Gasteiger partial charge is 0.343 e. The van der Waals surface area contributed by atoms with Gasteiger partial charge in [-0.15, -0.1) is 0 Å². The number of amides is 2. The second-order valence-electron chi connectivity index (χ2n) is 7.69. The summed E-state index contributed by atoms with van der Waals surface area (Å²) in [7, 11) is 1.66. The van der Waals surface area contributed by atoms with Gasteiger partial charge in [0.25, 0.3) is 0 Å². The topological polar surface area (TPSA) is 70.8 Å². The first kappa shape index (κ1) is 20.9. The molecule has 1 aliphatic rings. The molecule has 1 N–H and O–H groups in total. The minimum atomic E-state index is -0.324. The summed E-state index contributed by atoms with van der Waals surface area (Å²) in [5, 5.41) is 15.4. The fourth-order valence-electron chi connectivity index (χ4n) is 4.00. The Labute approximate surface area is 182 Å². The van der Waals surface area contributed by atoms with E-state index in [1.54, 1.807) is 18.9 Å². The van der Waals surface area contributed by atoms with Crippen LogP contribution < -0.4 is 4.74 Å². The van der Waals surface area contributed by atoms with Gasteiger partial charge in [-0.3, -0.25) is 5.21 Å². The molecule has 2 heterocycles. The van der Waals surface area contributed by atoms with Crippen LogP contribution in [0.2, 0.25) is 0 Å². The minimum Gasteiger partial charge on any atom is -0.497 e. The Morgan fingerprint density at radius 1 is 1.13 bits per heavy atom. The molecule has 31 heavy (non-hydrogen) atoms. The number of hydrogen-bond donors (Lipinski definition) is 1. The van der Waals surface area contributed by atoms with E-state index >= 15 is 0 Å². The van der Waals surface area contributed by atoms with Gasteiger partial charge >= 0.3 is 6.03 Å². The Morgan fingerprint density at radius 3 is 2.42 bits per heavy atom. The quantitative estimate of drug-likeness (QED) is 0.485. The maximum absolute atomic E-state index is 12.2. The van der Waals surface area contributed by atoms with E-state index in [1.807, 2.05) is 59.3 Å². The van der Waals surface area contributed by atoms with Crippen LogP contribution in [0.4, 0.5) is 4.79 Å². The Bertz CT molecular complexity index is 1010. The predicted molar refractivity (Wildman–Crippen MR) is 119 cm³/mol. The average molecular weight is 421 g/mol. The van der Waals surface area contributed by atoms with Gasteiger partial charge < -0.3 is 9.64 Å². The summed E-state index contributed by atoms with van der Waals surface area (Å²) in [6.07, 6.45) is 1.63. The van der Waals surface area contributed by atoms with Gasteiger partial charge in [0, 0.05) is 31.1 Å². The van der Waals surface area contributed by atoms with Crippen molar-refractivity contribution in [3.05, 3.63) is 66.4 Å². The van der Waals surface area contributed by atoms with Crippen molar-refractivity contribution >= 4 is 6.03 Å². The average Bonchev–Trinajstić information content (AvgIpc) is 3.29. The molecule has 1 aromatic heterocycles. The fraction of sp³-hybridized carbons (Fsp3) is 0.333. The fourth-order valence-corrected chi connectivity index (χ4v) is 4.00. The van der Waals surface area contributed by atoms with Crippen molar-refractivity contribution in [3.63, 3.8) is 0 Å². The molecule has 7 heteroatoms. The van der Waals surface area contributed by atoms with Crippen LogP contribution in [0, 0.1) is 0 Å². The highest BCUT2D eigenvalue weighted by Gasteiger charge is 2.28. The Kier molecular flexibility index (Phi) is 6.23. The van der Waals surface area contributed by atoms with Gasteiger partial charge in [-0.1, -0.05) is 18.2 Å². The van der Waals surface area contributed by atoms with E-state index in [9.17, 15) is 10.0 Å². The van der Waals surface area contributed by atoms with Crippen LogP contribution >= 0.6 is 0 Å². The molecule has 1 fully saturated rings. The molecule has 4 rings (SSSR count). The third kappa shape index (κ3) is 4.41. The molecule has 0 saturated carbocycles. The number of piperidine rings is 1. The number of hydroxylamine groups is 2. The van der Waals surface area contributed by atoms with Gasteiger partial charge in [-0.2, -0.15) is 5.10 Å². The molecule has 2 aromatic carbocycles. The number of carbonyl (C=O) groups is 1. The van der Waals surface area contributed by atoms with Gasteiger partial charge in [0.1, 0.15) is 5.75 Å². The summed E-state index contributed by atoms with van der Waals surface area (Å²) in [6, 6.07) is 19.9. The van der Waals surface area contributed by atoms with Gasteiger partial charge in [-0.05, 0) is 62.2 Å². The van der Waals surface area contributed by atoms with Crippen molar-refractivity contribution in [1.29, 1.82) is 0 Å². The summed E-state index contributed by atoms with van der Waals surface area (Å²) in [5.74, 6) is 1.08. The lowest BCUT2D eigenvalue weighted by atomic mass is 9.93. The zero-order valence-electron chi connectivity index (χ0n) is 17.9. The van der Waals surface area contributed by atoms with Crippen molar-refractivity contribution < 1.29 is 14.7 Å². The molecule has 7 nitrogen and oxygen atoms in total. The van der Waals surface area contributed by atoms with Crippen LogP contribution in [-0.4, -0.2) is 57.7 Å². The standard InChI is InChI=1S/C24H28N4O3/c1-3-27(30)24(29)26-15-13-18(14-16-26)22-17-23(19-9-11-21(31-2)12-10-19)28(25-22)20-7-5-4-6-8-20/h4-12,17-18,30H,3,13-16H2,1-2H3. The third-order valence-electron chi connectivity index (χ3n) is 5.82. The Balaban J connectivity index is 1.61. The lowest BCUT2D eigenvalue weighted by molar-refractivity contribution is -0.0542. The van der Waals surface area contributed by atoms with Crippen LogP contribution in [-0.2, 0) is 0 Å². The first-order chi connectivity index (χ1) is 15.1. The zero-order valence-corrected chi connectivity index (χ0v) is 17.9. The summed E-state index contributed by atoms with van der Waals surface area (Å²) >= 11 is 0. The minimum absolute atomic E-state index is 0.264. The molecule has 0 atom stereocenters. The number of rotatable bonds is 5. The summed E-state index contributed by atoms with van der Waals surface area (Å²) in [5.41, 5.74) is 4.12. The van der Waals surface area contributed by atoms with E-state index in [4.69, 9.17) is 9.84 Å². The predicted octanol–water partition coefficient (Wildman–Crippen LogP) is 4.56. The van der Waals surface area contributed by atoms with Crippen LogP contribution in [0.3, 0.4) is 0 Å². The molecule has 1 aliphatic heterocycles. The molecule has 0 unspecified atom stereocenters. The molecule has 0 radical (unpaired) electrons. The number of methoxy groups -OCH3 is 1.